The molecule has 0 atom stereocenters. The summed E-state index contributed by atoms with van der Waals surface area (Å²) in [6.07, 6.45) is 0. The average molecular weight is 359 g/mol. The summed E-state index contributed by atoms with van der Waals surface area (Å²) in [5.41, 5.74) is 2.99. The van der Waals surface area contributed by atoms with Crippen molar-refractivity contribution in [1.82, 2.24) is 9.80 Å². The number of ether oxygens (including phenoxy) is 1. The Labute approximate surface area is 154 Å². The molecule has 2 aromatic rings. The molecule has 1 aliphatic heterocycles. The fraction of sp³-hybridized carbons (Fsp3) is 0.350. The number of amides is 1. The number of rotatable bonds is 5. The summed E-state index contributed by atoms with van der Waals surface area (Å²) >= 11 is 5.90. The molecule has 0 saturated carbocycles. The van der Waals surface area contributed by atoms with E-state index >= 15 is 0 Å². The molecule has 25 heavy (non-hydrogen) atoms. The highest BCUT2D eigenvalue weighted by Crippen LogP contribution is 2.14. The first-order valence-electron chi connectivity index (χ1n) is 8.51. The first-order valence-corrected chi connectivity index (χ1v) is 8.88. The fourth-order valence-electron chi connectivity index (χ4n) is 2.93. The van der Waals surface area contributed by atoms with Gasteiger partial charge in [-0.05, 0) is 35.4 Å². The lowest BCUT2D eigenvalue weighted by molar-refractivity contribution is 0.0342. The summed E-state index contributed by atoms with van der Waals surface area (Å²) in [4.78, 5) is 16.7. The van der Waals surface area contributed by atoms with Gasteiger partial charge in [0.1, 0.15) is 0 Å². The Bertz CT molecular complexity index is 695. The molecule has 1 saturated heterocycles. The van der Waals surface area contributed by atoms with E-state index < -0.39 is 0 Å². The molecule has 0 spiro atoms. The quantitative estimate of drug-likeness (QED) is 0.820. The minimum atomic E-state index is 0.0212. The molecule has 132 valence electrons. The zero-order valence-corrected chi connectivity index (χ0v) is 15.2. The minimum Gasteiger partial charge on any atom is -0.379 e. The highest BCUT2D eigenvalue weighted by Gasteiger charge is 2.14. The van der Waals surface area contributed by atoms with Gasteiger partial charge in [0.05, 0.1) is 13.2 Å². The average Bonchev–Trinajstić information content (AvgIpc) is 2.64. The summed E-state index contributed by atoms with van der Waals surface area (Å²) < 4.78 is 5.37. The van der Waals surface area contributed by atoms with Crippen molar-refractivity contribution in [2.45, 2.75) is 13.1 Å². The summed E-state index contributed by atoms with van der Waals surface area (Å²) in [5.74, 6) is 0.0212. The van der Waals surface area contributed by atoms with Crippen LogP contribution in [-0.4, -0.2) is 49.1 Å². The van der Waals surface area contributed by atoms with E-state index in [1.165, 1.54) is 5.56 Å². The lowest BCUT2D eigenvalue weighted by Crippen LogP contribution is -2.35. The van der Waals surface area contributed by atoms with E-state index in [-0.39, 0.29) is 5.91 Å². The van der Waals surface area contributed by atoms with Crippen LogP contribution in [0.1, 0.15) is 21.5 Å². The molecule has 1 aliphatic rings. The van der Waals surface area contributed by atoms with E-state index in [4.69, 9.17) is 16.3 Å². The van der Waals surface area contributed by atoms with Gasteiger partial charge >= 0.3 is 0 Å². The van der Waals surface area contributed by atoms with Crippen LogP contribution >= 0.6 is 11.6 Å². The lowest BCUT2D eigenvalue weighted by Gasteiger charge is -2.26. The molecule has 0 bridgehead atoms. The number of hydrogen-bond acceptors (Lipinski definition) is 3. The number of hydrogen-bond donors (Lipinski definition) is 0. The standard InChI is InChI=1S/C20H23ClN2O2/c1-22(14-16-4-8-19(21)9-5-16)20(24)18-6-2-17(3-7-18)15-23-10-12-25-13-11-23/h2-9H,10-15H2,1H3. The number of halogens is 1. The molecule has 0 unspecified atom stereocenters. The Morgan fingerprint density at radius 3 is 2.28 bits per heavy atom. The topological polar surface area (TPSA) is 32.8 Å². The van der Waals surface area contributed by atoms with Gasteiger partial charge in [0, 0.05) is 43.8 Å². The summed E-state index contributed by atoms with van der Waals surface area (Å²) in [6, 6.07) is 15.5. The molecular weight excluding hydrogens is 336 g/mol. The minimum absolute atomic E-state index is 0.0212. The molecule has 2 aromatic carbocycles. The van der Waals surface area contributed by atoms with Gasteiger partial charge in [-0.3, -0.25) is 9.69 Å². The second-order valence-electron chi connectivity index (χ2n) is 6.37. The maximum atomic E-state index is 12.6. The van der Waals surface area contributed by atoms with E-state index in [1.807, 2.05) is 55.6 Å². The maximum absolute atomic E-state index is 12.6. The highest BCUT2D eigenvalue weighted by atomic mass is 35.5. The number of carbonyl (C=O) groups is 1. The zero-order valence-electron chi connectivity index (χ0n) is 14.5. The molecule has 1 heterocycles. The van der Waals surface area contributed by atoms with Gasteiger partial charge in [0.25, 0.3) is 5.91 Å². The highest BCUT2D eigenvalue weighted by molar-refractivity contribution is 6.30. The molecule has 4 nitrogen and oxygen atoms in total. The van der Waals surface area contributed by atoms with Gasteiger partial charge in [-0.15, -0.1) is 0 Å². The van der Waals surface area contributed by atoms with E-state index in [2.05, 4.69) is 4.90 Å². The molecule has 1 fully saturated rings. The van der Waals surface area contributed by atoms with Crippen molar-refractivity contribution >= 4 is 17.5 Å². The van der Waals surface area contributed by atoms with Crippen LogP contribution < -0.4 is 0 Å². The van der Waals surface area contributed by atoms with Crippen molar-refractivity contribution in [2.75, 3.05) is 33.4 Å². The summed E-state index contributed by atoms with van der Waals surface area (Å²) in [6.45, 7) is 4.98. The largest absolute Gasteiger partial charge is 0.379 e. The third-order valence-electron chi connectivity index (χ3n) is 4.39. The molecule has 5 heteroatoms. The van der Waals surface area contributed by atoms with Gasteiger partial charge in [-0.2, -0.15) is 0 Å². The predicted molar refractivity (Wildman–Crippen MR) is 99.8 cm³/mol. The van der Waals surface area contributed by atoms with E-state index in [0.717, 1.165) is 38.4 Å². The smallest absolute Gasteiger partial charge is 0.253 e. The number of morpholine rings is 1. The van der Waals surface area contributed by atoms with Gasteiger partial charge < -0.3 is 9.64 Å². The van der Waals surface area contributed by atoms with Crippen LogP contribution in [0.4, 0.5) is 0 Å². The van der Waals surface area contributed by atoms with Crippen molar-refractivity contribution in [2.24, 2.45) is 0 Å². The van der Waals surface area contributed by atoms with Crippen LogP contribution in [0.3, 0.4) is 0 Å². The summed E-state index contributed by atoms with van der Waals surface area (Å²) in [5, 5.41) is 0.702. The van der Waals surface area contributed by atoms with Crippen LogP contribution in [0.25, 0.3) is 0 Å². The maximum Gasteiger partial charge on any atom is 0.253 e. The number of benzene rings is 2. The van der Waals surface area contributed by atoms with Crippen LogP contribution in [0.15, 0.2) is 48.5 Å². The lowest BCUT2D eigenvalue weighted by atomic mass is 10.1. The van der Waals surface area contributed by atoms with Crippen molar-refractivity contribution in [3.05, 3.63) is 70.2 Å². The molecule has 0 N–H and O–H groups in total. The van der Waals surface area contributed by atoms with Gasteiger partial charge in [0.2, 0.25) is 0 Å². The molecule has 0 aromatic heterocycles. The van der Waals surface area contributed by atoms with Gasteiger partial charge in [0.15, 0.2) is 0 Å². The van der Waals surface area contributed by atoms with Gasteiger partial charge in [-0.25, -0.2) is 0 Å². The Morgan fingerprint density at radius 2 is 1.64 bits per heavy atom. The fourth-order valence-corrected chi connectivity index (χ4v) is 3.05. The predicted octanol–water partition coefficient (Wildman–Crippen LogP) is 3.44. The Hall–Kier alpha value is -1.88. The second kappa shape index (κ2) is 8.48. The monoisotopic (exact) mass is 358 g/mol. The van der Waals surface area contributed by atoms with Crippen LogP contribution in [0.5, 0.6) is 0 Å². The van der Waals surface area contributed by atoms with E-state index in [0.29, 0.717) is 17.1 Å². The van der Waals surface area contributed by atoms with Crippen LogP contribution in [0.2, 0.25) is 5.02 Å². The SMILES string of the molecule is CN(Cc1ccc(Cl)cc1)C(=O)c1ccc(CN2CCOCC2)cc1. The molecular formula is C20H23ClN2O2. The Balaban J connectivity index is 1.58. The third kappa shape index (κ3) is 5.05. The first-order chi connectivity index (χ1) is 12.1. The van der Waals surface area contributed by atoms with Crippen molar-refractivity contribution in [3.8, 4) is 0 Å². The van der Waals surface area contributed by atoms with Crippen molar-refractivity contribution in [1.29, 1.82) is 0 Å². The van der Waals surface area contributed by atoms with E-state index in [1.54, 1.807) is 4.90 Å². The van der Waals surface area contributed by atoms with Crippen molar-refractivity contribution in [3.63, 3.8) is 0 Å². The zero-order chi connectivity index (χ0) is 17.6. The first kappa shape index (κ1) is 17.9. The molecule has 1 amide bonds. The molecule has 3 rings (SSSR count). The Kier molecular flexibility index (Phi) is 6.08. The third-order valence-corrected chi connectivity index (χ3v) is 4.64. The molecule has 0 radical (unpaired) electrons. The van der Waals surface area contributed by atoms with E-state index in [9.17, 15) is 4.79 Å². The van der Waals surface area contributed by atoms with Crippen LogP contribution in [0, 0.1) is 0 Å². The normalized spacial score (nSPS) is 15.1. The summed E-state index contributed by atoms with van der Waals surface area (Å²) in [7, 11) is 1.82. The van der Waals surface area contributed by atoms with Crippen LogP contribution in [-0.2, 0) is 17.8 Å². The van der Waals surface area contributed by atoms with Crippen molar-refractivity contribution < 1.29 is 9.53 Å². The Morgan fingerprint density at radius 1 is 1.04 bits per heavy atom. The molecule has 0 aliphatic carbocycles. The van der Waals surface area contributed by atoms with Gasteiger partial charge in [-0.1, -0.05) is 35.9 Å². The number of nitrogens with zero attached hydrogens (tertiary/aromatic N) is 2. The second-order valence-corrected chi connectivity index (χ2v) is 6.81. The number of carbonyl (C=O) groups excluding carboxylic acids is 1.